The van der Waals surface area contributed by atoms with E-state index in [1.54, 1.807) is 6.07 Å². The number of hydrogen-bond donors (Lipinski definition) is 3. The SMILES string of the molecule is NCCCCCC(=O)Nc1c(I)cc(I)c(C(=O)O)c1I. The van der Waals surface area contributed by atoms with Crippen molar-refractivity contribution in [1.82, 2.24) is 0 Å². The molecule has 0 radical (unpaired) electrons. The summed E-state index contributed by atoms with van der Waals surface area (Å²) in [5, 5.41) is 12.1. The van der Waals surface area contributed by atoms with E-state index in [0.29, 0.717) is 25.8 Å². The van der Waals surface area contributed by atoms with Gasteiger partial charge in [0.2, 0.25) is 5.91 Å². The topological polar surface area (TPSA) is 92.4 Å². The Bertz CT molecular complexity index is 550. The van der Waals surface area contributed by atoms with Crippen LogP contribution in [0.2, 0.25) is 0 Å². The first-order valence-electron chi connectivity index (χ1n) is 6.29. The van der Waals surface area contributed by atoms with E-state index >= 15 is 0 Å². The zero-order valence-electron chi connectivity index (χ0n) is 11.1. The van der Waals surface area contributed by atoms with Gasteiger partial charge in [-0.25, -0.2) is 4.79 Å². The van der Waals surface area contributed by atoms with Gasteiger partial charge in [-0.05, 0) is 93.2 Å². The molecule has 0 saturated carbocycles. The second-order valence-corrected chi connectivity index (χ2v) is 7.76. The summed E-state index contributed by atoms with van der Waals surface area (Å²) in [7, 11) is 0. The second-order valence-electron chi connectivity index (χ2n) is 4.36. The maximum atomic E-state index is 11.9. The van der Waals surface area contributed by atoms with Crippen LogP contribution in [0.1, 0.15) is 36.0 Å². The highest BCUT2D eigenvalue weighted by Gasteiger charge is 2.20. The molecule has 0 heterocycles. The van der Waals surface area contributed by atoms with E-state index < -0.39 is 5.97 Å². The molecule has 5 nitrogen and oxygen atoms in total. The average Bonchev–Trinajstić information content (AvgIpc) is 2.39. The maximum absolute atomic E-state index is 11.9. The number of benzene rings is 1. The molecule has 21 heavy (non-hydrogen) atoms. The maximum Gasteiger partial charge on any atom is 0.337 e. The fraction of sp³-hybridized carbons (Fsp3) is 0.385. The smallest absolute Gasteiger partial charge is 0.337 e. The molecule has 0 saturated heterocycles. The minimum atomic E-state index is -0.987. The third-order valence-corrected chi connectivity index (χ3v) is 5.54. The first-order valence-corrected chi connectivity index (χ1v) is 9.52. The van der Waals surface area contributed by atoms with Crippen LogP contribution in [0.25, 0.3) is 0 Å². The zero-order chi connectivity index (χ0) is 16.0. The number of halogens is 3. The molecule has 0 unspecified atom stereocenters. The van der Waals surface area contributed by atoms with E-state index in [2.05, 4.69) is 27.9 Å². The highest BCUT2D eigenvalue weighted by molar-refractivity contribution is 14.1. The summed E-state index contributed by atoms with van der Waals surface area (Å²) in [6, 6.07) is 1.76. The molecule has 0 aliphatic heterocycles. The Balaban J connectivity index is 2.86. The highest BCUT2D eigenvalue weighted by atomic mass is 127. The molecule has 0 fully saturated rings. The standard InChI is InChI=1S/C13H15I3N2O3/c14-7-6-8(15)12(11(16)10(7)13(20)21)18-9(19)4-2-1-3-5-17/h6H,1-5,17H2,(H,18,19)(H,20,21). The molecule has 116 valence electrons. The first kappa shape index (κ1) is 19.4. The van der Waals surface area contributed by atoms with Crippen LogP contribution in [0.3, 0.4) is 0 Å². The van der Waals surface area contributed by atoms with Gasteiger partial charge in [-0.15, -0.1) is 0 Å². The zero-order valence-corrected chi connectivity index (χ0v) is 17.6. The van der Waals surface area contributed by atoms with Gasteiger partial charge in [0, 0.05) is 13.6 Å². The minimum Gasteiger partial charge on any atom is -0.478 e. The number of nitrogens with two attached hydrogens (primary N) is 1. The summed E-state index contributed by atoms with van der Waals surface area (Å²) in [6.45, 7) is 0.635. The molecule has 0 aliphatic carbocycles. The number of rotatable bonds is 7. The number of carboxylic acid groups (broad SMARTS) is 1. The van der Waals surface area contributed by atoms with Gasteiger partial charge in [0.1, 0.15) is 0 Å². The van der Waals surface area contributed by atoms with E-state index in [1.165, 1.54) is 0 Å². The Morgan fingerprint density at radius 2 is 1.81 bits per heavy atom. The number of nitrogens with one attached hydrogen (secondary N) is 1. The Labute approximate surface area is 164 Å². The fourth-order valence-corrected chi connectivity index (χ4v) is 5.81. The Kier molecular flexibility index (Phi) is 8.71. The number of amides is 1. The summed E-state index contributed by atoms with van der Waals surface area (Å²) in [4.78, 5) is 23.2. The van der Waals surface area contributed by atoms with Crippen molar-refractivity contribution in [3.05, 3.63) is 22.3 Å². The summed E-state index contributed by atoms with van der Waals surface area (Å²) in [5.74, 6) is -1.08. The van der Waals surface area contributed by atoms with E-state index in [1.807, 2.05) is 45.2 Å². The number of hydrogen-bond acceptors (Lipinski definition) is 3. The average molecular weight is 628 g/mol. The molecular formula is C13H15I3N2O3. The Morgan fingerprint density at radius 1 is 1.14 bits per heavy atom. The summed E-state index contributed by atoms with van der Waals surface area (Å²) >= 11 is 6.07. The normalized spacial score (nSPS) is 10.5. The molecule has 0 atom stereocenters. The van der Waals surface area contributed by atoms with Crippen molar-refractivity contribution in [3.63, 3.8) is 0 Å². The van der Waals surface area contributed by atoms with Gasteiger partial charge >= 0.3 is 5.97 Å². The van der Waals surface area contributed by atoms with Crippen molar-refractivity contribution in [2.24, 2.45) is 5.73 Å². The van der Waals surface area contributed by atoms with Crippen molar-refractivity contribution < 1.29 is 14.7 Å². The monoisotopic (exact) mass is 628 g/mol. The van der Waals surface area contributed by atoms with E-state index in [-0.39, 0.29) is 11.5 Å². The quantitative estimate of drug-likeness (QED) is 0.318. The second kappa shape index (κ2) is 9.45. The summed E-state index contributed by atoms with van der Waals surface area (Å²) < 4.78 is 2.06. The van der Waals surface area contributed by atoms with Crippen LogP contribution in [0.4, 0.5) is 5.69 Å². The van der Waals surface area contributed by atoms with Crippen LogP contribution in [0, 0.1) is 10.7 Å². The van der Waals surface area contributed by atoms with Crippen LogP contribution in [0.5, 0.6) is 0 Å². The molecule has 8 heteroatoms. The predicted molar refractivity (Wildman–Crippen MR) is 108 cm³/mol. The number of aromatic carboxylic acids is 1. The Morgan fingerprint density at radius 3 is 2.38 bits per heavy atom. The molecule has 0 aliphatic rings. The van der Waals surface area contributed by atoms with Crippen LogP contribution in [0.15, 0.2) is 6.07 Å². The van der Waals surface area contributed by atoms with Crippen LogP contribution < -0.4 is 11.1 Å². The number of carboxylic acids is 1. The predicted octanol–water partition coefficient (Wildman–Crippen LogP) is 3.66. The van der Waals surface area contributed by atoms with Gasteiger partial charge in [-0.3, -0.25) is 4.79 Å². The molecule has 1 aromatic carbocycles. The molecule has 0 aromatic heterocycles. The lowest BCUT2D eigenvalue weighted by Gasteiger charge is -2.13. The Hall–Kier alpha value is 0.310. The van der Waals surface area contributed by atoms with Crippen LogP contribution in [-0.4, -0.2) is 23.5 Å². The molecule has 0 bridgehead atoms. The lowest BCUT2D eigenvalue weighted by atomic mass is 10.1. The summed E-state index contributed by atoms with van der Waals surface area (Å²) in [6.07, 6.45) is 3.03. The van der Waals surface area contributed by atoms with Crippen molar-refractivity contribution in [3.8, 4) is 0 Å². The molecule has 0 spiro atoms. The number of anilines is 1. The van der Waals surface area contributed by atoms with E-state index in [4.69, 9.17) is 5.73 Å². The third-order valence-electron chi connectivity index (χ3n) is 2.76. The van der Waals surface area contributed by atoms with Crippen LogP contribution >= 0.6 is 67.8 Å². The highest BCUT2D eigenvalue weighted by Crippen LogP contribution is 2.31. The van der Waals surface area contributed by atoms with Gasteiger partial charge < -0.3 is 16.2 Å². The molecule has 1 aromatic rings. The lowest BCUT2D eigenvalue weighted by Crippen LogP contribution is -2.16. The van der Waals surface area contributed by atoms with Gasteiger partial charge in [0.05, 0.1) is 14.8 Å². The third kappa shape index (κ3) is 5.78. The number of carbonyl (C=O) groups excluding carboxylic acids is 1. The van der Waals surface area contributed by atoms with Crippen LogP contribution in [-0.2, 0) is 4.79 Å². The van der Waals surface area contributed by atoms with Crippen molar-refractivity contribution in [2.45, 2.75) is 25.7 Å². The van der Waals surface area contributed by atoms with Gasteiger partial charge in [0.25, 0.3) is 0 Å². The molecule has 1 rings (SSSR count). The van der Waals surface area contributed by atoms with Crippen molar-refractivity contribution >= 4 is 85.3 Å². The number of carbonyl (C=O) groups is 2. The molecular weight excluding hydrogens is 613 g/mol. The van der Waals surface area contributed by atoms with Crippen molar-refractivity contribution in [2.75, 3.05) is 11.9 Å². The van der Waals surface area contributed by atoms with Gasteiger partial charge in [0.15, 0.2) is 0 Å². The van der Waals surface area contributed by atoms with Gasteiger partial charge in [-0.2, -0.15) is 0 Å². The van der Waals surface area contributed by atoms with Gasteiger partial charge in [-0.1, -0.05) is 6.42 Å². The minimum absolute atomic E-state index is 0.0969. The number of unbranched alkanes of at least 4 members (excludes halogenated alkanes) is 2. The van der Waals surface area contributed by atoms with E-state index in [9.17, 15) is 14.7 Å². The summed E-state index contributed by atoms with van der Waals surface area (Å²) in [5.41, 5.74) is 6.22. The lowest BCUT2D eigenvalue weighted by molar-refractivity contribution is -0.116. The fourth-order valence-electron chi connectivity index (χ4n) is 1.71. The molecule has 4 N–H and O–H groups in total. The first-order chi connectivity index (χ1) is 9.88. The van der Waals surface area contributed by atoms with E-state index in [0.717, 1.165) is 22.8 Å². The van der Waals surface area contributed by atoms with Crippen molar-refractivity contribution in [1.29, 1.82) is 0 Å². The largest absolute Gasteiger partial charge is 0.478 e. The molecule has 1 amide bonds.